The van der Waals surface area contributed by atoms with E-state index in [-0.39, 0.29) is 10.6 Å². The fraction of sp³-hybridized carbons (Fsp3) is 0.385. The number of anilines is 2. The predicted octanol–water partition coefficient (Wildman–Crippen LogP) is 5.12. The summed E-state index contributed by atoms with van der Waals surface area (Å²) in [5, 5.41) is 8.85. The molecule has 0 bridgehead atoms. The van der Waals surface area contributed by atoms with Gasteiger partial charge in [-0.15, -0.1) is 10.2 Å². The van der Waals surface area contributed by atoms with Crippen LogP contribution in [0.15, 0.2) is 59.5 Å². The van der Waals surface area contributed by atoms with Crippen molar-refractivity contribution < 1.29 is 17.9 Å². The largest absolute Gasteiger partial charge is 0.494 e. The Bertz CT molecular complexity index is 1220. The minimum Gasteiger partial charge on any atom is -0.494 e. The lowest BCUT2D eigenvalue weighted by Gasteiger charge is -2.20. The fourth-order valence-corrected chi connectivity index (χ4v) is 5.31. The number of hydrogen-bond acceptors (Lipinski definition) is 7. The Kier molecular flexibility index (Phi) is 8.07. The third-order valence-electron chi connectivity index (χ3n) is 5.81. The summed E-state index contributed by atoms with van der Waals surface area (Å²) in [7, 11) is -3.89. The molecule has 4 rings (SSSR count). The Morgan fingerprint density at radius 2 is 1.66 bits per heavy atom. The molecule has 0 aliphatic carbocycles. The lowest BCUT2D eigenvalue weighted by Crippen LogP contribution is -2.25. The highest BCUT2D eigenvalue weighted by Gasteiger charge is 2.21. The van der Waals surface area contributed by atoms with Crippen LogP contribution in [0.5, 0.6) is 11.5 Å². The van der Waals surface area contributed by atoms with Crippen molar-refractivity contribution in [3.63, 3.8) is 0 Å². The van der Waals surface area contributed by atoms with E-state index in [4.69, 9.17) is 9.47 Å². The van der Waals surface area contributed by atoms with E-state index >= 15 is 0 Å². The van der Waals surface area contributed by atoms with Crippen molar-refractivity contribution in [3.05, 3.63) is 54.6 Å². The predicted molar refractivity (Wildman–Crippen MR) is 138 cm³/mol. The van der Waals surface area contributed by atoms with Crippen LogP contribution in [0.3, 0.4) is 0 Å². The van der Waals surface area contributed by atoms with Gasteiger partial charge in [-0.2, -0.15) is 0 Å². The van der Waals surface area contributed by atoms with Crippen molar-refractivity contribution in [2.45, 2.75) is 44.4 Å². The van der Waals surface area contributed by atoms with Crippen LogP contribution in [0, 0.1) is 0 Å². The average Bonchev–Trinajstić information content (AvgIpc) is 3.14. The number of rotatable bonds is 9. The second-order valence-electron chi connectivity index (χ2n) is 8.34. The van der Waals surface area contributed by atoms with Crippen LogP contribution in [0.25, 0.3) is 11.3 Å². The molecule has 186 valence electrons. The molecule has 0 radical (unpaired) electrons. The molecule has 0 saturated carbocycles. The minimum atomic E-state index is -3.89. The molecule has 9 heteroatoms. The molecular weight excluding hydrogens is 464 g/mol. The zero-order chi connectivity index (χ0) is 24.7. The molecule has 1 fully saturated rings. The molecule has 35 heavy (non-hydrogen) atoms. The first-order valence-corrected chi connectivity index (χ1v) is 13.6. The normalized spacial score (nSPS) is 14.3. The molecule has 1 N–H and O–H groups in total. The highest BCUT2D eigenvalue weighted by Crippen LogP contribution is 2.31. The van der Waals surface area contributed by atoms with Crippen molar-refractivity contribution in [1.29, 1.82) is 0 Å². The van der Waals surface area contributed by atoms with Gasteiger partial charge < -0.3 is 14.4 Å². The quantitative estimate of drug-likeness (QED) is 0.439. The highest BCUT2D eigenvalue weighted by atomic mass is 32.2. The summed E-state index contributed by atoms with van der Waals surface area (Å²) in [6, 6.07) is 15.8. The lowest BCUT2D eigenvalue weighted by atomic mass is 10.1. The first-order valence-electron chi connectivity index (χ1n) is 12.1. The fourth-order valence-electron chi connectivity index (χ4n) is 4.13. The Hall–Kier alpha value is -3.33. The number of nitrogens with one attached hydrogen (secondary N) is 1. The summed E-state index contributed by atoms with van der Waals surface area (Å²) in [5.41, 5.74) is 1.88. The molecule has 1 aromatic heterocycles. The maximum Gasteiger partial charge on any atom is 0.265 e. The van der Waals surface area contributed by atoms with Crippen LogP contribution in [0.2, 0.25) is 0 Å². The van der Waals surface area contributed by atoms with Gasteiger partial charge in [-0.3, -0.25) is 4.72 Å². The van der Waals surface area contributed by atoms with E-state index in [0.29, 0.717) is 30.3 Å². The Labute approximate surface area is 207 Å². The van der Waals surface area contributed by atoms with Gasteiger partial charge in [-0.1, -0.05) is 25.0 Å². The highest BCUT2D eigenvalue weighted by molar-refractivity contribution is 7.92. The van der Waals surface area contributed by atoms with Crippen molar-refractivity contribution in [2.24, 2.45) is 0 Å². The molecule has 1 saturated heterocycles. The van der Waals surface area contributed by atoms with Crippen molar-refractivity contribution in [1.82, 2.24) is 10.2 Å². The molecule has 0 unspecified atom stereocenters. The lowest BCUT2D eigenvalue weighted by molar-refractivity contribution is 0.317. The first kappa shape index (κ1) is 24.8. The average molecular weight is 497 g/mol. The van der Waals surface area contributed by atoms with E-state index in [9.17, 15) is 8.42 Å². The number of aromatic nitrogens is 2. The van der Waals surface area contributed by atoms with Gasteiger partial charge in [-0.05, 0) is 63.1 Å². The summed E-state index contributed by atoms with van der Waals surface area (Å²) in [4.78, 5) is 2.33. The van der Waals surface area contributed by atoms with Gasteiger partial charge in [0.1, 0.15) is 16.4 Å². The number of benzene rings is 2. The summed E-state index contributed by atoms with van der Waals surface area (Å²) < 4.78 is 40.1. The molecule has 3 aromatic rings. The van der Waals surface area contributed by atoms with E-state index in [1.54, 1.807) is 37.3 Å². The van der Waals surface area contributed by atoms with Crippen LogP contribution in [0.1, 0.15) is 39.5 Å². The van der Waals surface area contributed by atoms with Gasteiger partial charge in [0.05, 0.1) is 18.9 Å². The van der Waals surface area contributed by atoms with Crippen LogP contribution in [-0.2, 0) is 10.0 Å². The number of nitrogens with zero attached hydrogens (tertiary/aromatic N) is 3. The molecule has 8 nitrogen and oxygen atoms in total. The van der Waals surface area contributed by atoms with Crippen LogP contribution >= 0.6 is 0 Å². The van der Waals surface area contributed by atoms with Gasteiger partial charge >= 0.3 is 0 Å². The molecule has 2 aromatic carbocycles. The van der Waals surface area contributed by atoms with E-state index in [1.807, 2.05) is 25.1 Å². The maximum absolute atomic E-state index is 13.2. The van der Waals surface area contributed by atoms with Crippen molar-refractivity contribution in [3.8, 4) is 22.8 Å². The summed E-state index contributed by atoms with van der Waals surface area (Å²) in [6.45, 7) is 6.48. The topological polar surface area (TPSA) is 93.7 Å². The van der Waals surface area contributed by atoms with Crippen molar-refractivity contribution >= 4 is 21.5 Å². The third kappa shape index (κ3) is 6.22. The SMILES string of the molecule is CCOc1ccc(S(=O)(=O)Nc2cccc(-c3ccc(N4CCCCCC4)nn3)c2)c(OCC)c1. The zero-order valence-corrected chi connectivity index (χ0v) is 21.1. The monoisotopic (exact) mass is 496 g/mol. The second kappa shape index (κ2) is 11.4. The molecule has 0 atom stereocenters. The molecule has 2 heterocycles. The molecular formula is C26H32N4O4S. The molecule has 0 amide bonds. The summed E-state index contributed by atoms with van der Waals surface area (Å²) in [6.07, 6.45) is 4.86. The van der Waals surface area contributed by atoms with Crippen LogP contribution in [0.4, 0.5) is 11.5 Å². The molecule has 1 aliphatic rings. The number of ether oxygens (including phenoxy) is 2. The molecule has 0 spiro atoms. The van der Waals surface area contributed by atoms with Gasteiger partial charge in [0, 0.05) is 30.4 Å². The smallest absolute Gasteiger partial charge is 0.265 e. The zero-order valence-electron chi connectivity index (χ0n) is 20.2. The second-order valence-corrected chi connectivity index (χ2v) is 9.99. The van der Waals surface area contributed by atoms with Gasteiger partial charge in [0.15, 0.2) is 5.82 Å². The standard InChI is InChI=1S/C26H32N4O4S/c1-3-33-22-12-14-25(24(19-22)34-4-2)35(31,32)29-21-11-9-10-20(18-21)23-13-15-26(28-27-23)30-16-7-5-6-8-17-30/h9-15,18-19,29H,3-8,16-17H2,1-2H3. The minimum absolute atomic E-state index is 0.0507. The van der Waals surface area contributed by atoms with Crippen LogP contribution in [-0.4, -0.2) is 44.9 Å². The van der Waals surface area contributed by atoms with Gasteiger partial charge in [0.25, 0.3) is 10.0 Å². The van der Waals surface area contributed by atoms with E-state index in [1.165, 1.54) is 31.7 Å². The van der Waals surface area contributed by atoms with Crippen molar-refractivity contribution in [2.75, 3.05) is 35.9 Å². The Balaban J connectivity index is 1.54. The van der Waals surface area contributed by atoms with Crippen LogP contribution < -0.4 is 19.1 Å². The maximum atomic E-state index is 13.2. The van der Waals surface area contributed by atoms with Gasteiger partial charge in [-0.25, -0.2) is 8.42 Å². The summed E-state index contributed by atoms with van der Waals surface area (Å²) in [5.74, 6) is 1.68. The number of hydrogen-bond donors (Lipinski definition) is 1. The third-order valence-corrected chi connectivity index (χ3v) is 7.23. The van der Waals surface area contributed by atoms with E-state index < -0.39 is 10.0 Å². The van der Waals surface area contributed by atoms with E-state index in [0.717, 1.165) is 24.5 Å². The molecule has 1 aliphatic heterocycles. The van der Waals surface area contributed by atoms with Gasteiger partial charge in [0.2, 0.25) is 0 Å². The Morgan fingerprint density at radius 3 is 2.34 bits per heavy atom. The van der Waals surface area contributed by atoms with E-state index in [2.05, 4.69) is 19.8 Å². The first-order chi connectivity index (χ1) is 17.0. The Morgan fingerprint density at radius 1 is 0.886 bits per heavy atom. The number of sulfonamides is 1. The summed E-state index contributed by atoms with van der Waals surface area (Å²) >= 11 is 0.